The fraction of sp³-hybridized carbons (Fsp3) is 0.594. The number of β-amino-alcohol motifs (C(OH)–C–C–N with tert-alkyl or cyclic N) is 1. The van der Waals surface area contributed by atoms with Gasteiger partial charge in [-0.25, -0.2) is 4.79 Å². The third kappa shape index (κ3) is 8.94. The SMILES string of the molecule is CCOC(=O)c1ccc(-c2ccccc2[C@@H](C)OCC(O)CNC(C)(C)CC2CCCCCC2)cc1C. The summed E-state index contributed by atoms with van der Waals surface area (Å²) in [5.74, 6) is 0.487. The Morgan fingerprint density at radius 2 is 1.81 bits per heavy atom. The Kier molecular flexibility index (Phi) is 11.2. The van der Waals surface area contributed by atoms with E-state index in [1.165, 1.54) is 38.5 Å². The molecular weight excluding hydrogens is 462 g/mol. The van der Waals surface area contributed by atoms with Crippen LogP contribution in [0.15, 0.2) is 42.5 Å². The molecule has 2 N–H and O–H groups in total. The van der Waals surface area contributed by atoms with E-state index < -0.39 is 6.10 Å². The van der Waals surface area contributed by atoms with Gasteiger partial charge in [0.15, 0.2) is 0 Å². The van der Waals surface area contributed by atoms with Gasteiger partial charge in [0.2, 0.25) is 0 Å². The molecule has 0 saturated heterocycles. The first-order valence-corrected chi connectivity index (χ1v) is 14.1. The minimum absolute atomic E-state index is 0.00176. The molecule has 0 aromatic heterocycles. The summed E-state index contributed by atoms with van der Waals surface area (Å²) in [4.78, 5) is 12.2. The lowest BCUT2D eigenvalue weighted by atomic mass is 9.86. The van der Waals surface area contributed by atoms with Crippen molar-refractivity contribution in [3.05, 3.63) is 59.2 Å². The summed E-state index contributed by atoms with van der Waals surface area (Å²) < 4.78 is 11.3. The second-order valence-electron chi connectivity index (χ2n) is 11.3. The lowest BCUT2D eigenvalue weighted by molar-refractivity contribution is -0.00446. The highest BCUT2D eigenvalue weighted by Crippen LogP contribution is 2.32. The lowest BCUT2D eigenvalue weighted by Gasteiger charge is -2.32. The number of aliphatic hydroxyl groups is 1. The van der Waals surface area contributed by atoms with E-state index >= 15 is 0 Å². The molecule has 1 aliphatic carbocycles. The van der Waals surface area contributed by atoms with Gasteiger partial charge in [-0.3, -0.25) is 0 Å². The topological polar surface area (TPSA) is 67.8 Å². The van der Waals surface area contributed by atoms with Crippen molar-refractivity contribution in [2.75, 3.05) is 19.8 Å². The van der Waals surface area contributed by atoms with Gasteiger partial charge in [0.1, 0.15) is 0 Å². The van der Waals surface area contributed by atoms with Crippen LogP contribution in [-0.2, 0) is 9.47 Å². The number of carbonyl (C=O) groups excluding carboxylic acids is 1. The third-order valence-electron chi connectivity index (χ3n) is 7.56. The van der Waals surface area contributed by atoms with E-state index in [2.05, 4.69) is 31.3 Å². The molecule has 0 aliphatic heterocycles. The molecule has 0 radical (unpaired) electrons. The summed E-state index contributed by atoms with van der Waals surface area (Å²) in [6.45, 7) is 11.4. The molecule has 0 bridgehead atoms. The van der Waals surface area contributed by atoms with Crippen molar-refractivity contribution in [3.63, 3.8) is 0 Å². The zero-order chi connectivity index (χ0) is 26.8. The van der Waals surface area contributed by atoms with Crippen LogP contribution in [0.4, 0.5) is 0 Å². The van der Waals surface area contributed by atoms with Crippen molar-refractivity contribution in [2.24, 2.45) is 5.92 Å². The molecule has 3 rings (SSSR count). The van der Waals surface area contributed by atoms with Gasteiger partial charge in [0, 0.05) is 12.1 Å². The van der Waals surface area contributed by atoms with Crippen molar-refractivity contribution < 1.29 is 19.4 Å². The Bertz CT molecular complexity index is 994. The van der Waals surface area contributed by atoms with Gasteiger partial charge in [0.05, 0.1) is 31.0 Å². The summed E-state index contributed by atoms with van der Waals surface area (Å²) in [6.07, 6.45) is 8.51. The summed E-state index contributed by atoms with van der Waals surface area (Å²) in [6, 6.07) is 14.0. The first kappa shape index (κ1) is 29.3. The number of aliphatic hydroxyl groups excluding tert-OH is 1. The van der Waals surface area contributed by atoms with Crippen LogP contribution in [0, 0.1) is 12.8 Å². The molecule has 37 heavy (non-hydrogen) atoms. The summed E-state index contributed by atoms with van der Waals surface area (Å²) in [5, 5.41) is 14.3. The Labute approximate surface area is 224 Å². The largest absolute Gasteiger partial charge is 0.462 e. The molecule has 5 nitrogen and oxygen atoms in total. The van der Waals surface area contributed by atoms with Crippen LogP contribution in [0.25, 0.3) is 11.1 Å². The molecular formula is C32H47NO4. The fourth-order valence-corrected chi connectivity index (χ4v) is 5.54. The average Bonchev–Trinajstić information content (AvgIpc) is 3.14. The number of carbonyl (C=O) groups is 1. The maximum Gasteiger partial charge on any atom is 0.338 e. The highest BCUT2D eigenvalue weighted by Gasteiger charge is 2.25. The monoisotopic (exact) mass is 509 g/mol. The number of nitrogens with one attached hydrogen (secondary N) is 1. The number of benzene rings is 2. The van der Waals surface area contributed by atoms with Crippen molar-refractivity contribution in [1.29, 1.82) is 0 Å². The van der Waals surface area contributed by atoms with Crippen molar-refractivity contribution in [2.45, 2.75) is 97.3 Å². The third-order valence-corrected chi connectivity index (χ3v) is 7.56. The number of esters is 1. The van der Waals surface area contributed by atoms with E-state index in [-0.39, 0.29) is 24.2 Å². The quantitative estimate of drug-likeness (QED) is 0.238. The molecule has 204 valence electrons. The first-order chi connectivity index (χ1) is 17.7. The van der Waals surface area contributed by atoms with Crippen LogP contribution >= 0.6 is 0 Å². The van der Waals surface area contributed by atoms with Gasteiger partial charge in [-0.2, -0.15) is 0 Å². The molecule has 1 saturated carbocycles. The number of aryl methyl sites for hydroxylation is 1. The minimum atomic E-state index is -0.575. The number of hydrogen-bond acceptors (Lipinski definition) is 5. The molecule has 1 fully saturated rings. The maximum absolute atomic E-state index is 12.2. The van der Waals surface area contributed by atoms with Crippen molar-refractivity contribution in [3.8, 4) is 11.1 Å². The molecule has 0 amide bonds. The van der Waals surface area contributed by atoms with E-state index in [0.29, 0.717) is 18.7 Å². The highest BCUT2D eigenvalue weighted by atomic mass is 16.5. The molecule has 1 unspecified atom stereocenters. The van der Waals surface area contributed by atoms with E-state index in [4.69, 9.17) is 9.47 Å². The summed E-state index contributed by atoms with van der Waals surface area (Å²) in [7, 11) is 0. The molecule has 5 heteroatoms. The van der Waals surface area contributed by atoms with E-state index in [1.807, 2.05) is 51.1 Å². The maximum atomic E-state index is 12.2. The van der Waals surface area contributed by atoms with Gasteiger partial charge < -0.3 is 19.9 Å². The van der Waals surface area contributed by atoms with Crippen LogP contribution in [0.2, 0.25) is 0 Å². The lowest BCUT2D eigenvalue weighted by Crippen LogP contribution is -2.45. The minimum Gasteiger partial charge on any atom is -0.462 e. The standard InChI is InChI=1S/C32H47NO4/c1-6-36-31(35)28-18-17-26(19-23(28)2)30-16-12-11-15-29(30)24(3)37-22-27(34)21-33-32(4,5)20-25-13-9-7-8-10-14-25/h11-12,15-19,24-25,27,33-34H,6-10,13-14,20-22H2,1-5H3/t24-,27?/m1/s1. The van der Waals surface area contributed by atoms with Gasteiger partial charge in [-0.15, -0.1) is 0 Å². The van der Waals surface area contributed by atoms with Gasteiger partial charge in [0.25, 0.3) is 0 Å². The second kappa shape index (κ2) is 14.1. The zero-order valence-corrected chi connectivity index (χ0v) is 23.5. The number of hydrogen-bond donors (Lipinski definition) is 2. The molecule has 1 aliphatic rings. The van der Waals surface area contributed by atoms with E-state index in [1.54, 1.807) is 0 Å². The first-order valence-electron chi connectivity index (χ1n) is 14.1. The smallest absolute Gasteiger partial charge is 0.338 e. The van der Waals surface area contributed by atoms with Gasteiger partial charge >= 0.3 is 5.97 Å². The molecule has 0 heterocycles. The van der Waals surface area contributed by atoms with Gasteiger partial charge in [-0.1, -0.05) is 74.9 Å². The van der Waals surface area contributed by atoms with Crippen LogP contribution in [0.5, 0.6) is 0 Å². The molecule has 2 aromatic rings. The normalized spacial score (nSPS) is 16.7. The summed E-state index contributed by atoms with van der Waals surface area (Å²) >= 11 is 0. The Morgan fingerprint density at radius 1 is 1.11 bits per heavy atom. The average molecular weight is 510 g/mol. The highest BCUT2D eigenvalue weighted by molar-refractivity contribution is 5.92. The van der Waals surface area contributed by atoms with E-state index in [9.17, 15) is 9.90 Å². The zero-order valence-electron chi connectivity index (χ0n) is 23.5. The molecule has 2 aromatic carbocycles. The molecule has 0 spiro atoms. The number of ether oxygens (including phenoxy) is 2. The van der Waals surface area contributed by atoms with Crippen LogP contribution < -0.4 is 5.32 Å². The Morgan fingerprint density at radius 3 is 2.49 bits per heavy atom. The van der Waals surface area contributed by atoms with Crippen molar-refractivity contribution in [1.82, 2.24) is 5.32 Å². The van der Waals surface area contributed by atoms with Crippen LogP contribution in [0.3, 0.4) is 0 Å². The molecule has 2 atom stereocenters. The predicted molar refractivity (Wildman–Crippen MR) is 151 cm³/mol. The van der Waals surface area contributed by atoms with Crippen LogP contribution in [-0.4, -0.2) is 42.5 Å². The van der Waals surface area contributed by atoms with Crippen molar-refractivity contribution >= 4 is 5.97 Å². The Hall–Kier alpha value is -2.21. The number of rotatable bonds is 12. The Balaban J connectivity index is 1.56. The van der Waals surface area contributed by atoms with Crippen LogP contribution in [0.1, 0.15) is 100 Å². The fourth-order valence-electron chi connectivity index (χ4n) is 5.54. The van der Waals surface area contributed by atoms with E-state index in [0.717, 1.165) is 34.6 Å². The second-order valence-corrected chi connectivity index (χ2v) is 11.3. The summed E-state index contributed by atoms with van der Waals surface area (Å²) in [5.41, 5.74) is 4.61. The van der Waals surface area contributed by atoms with Gasteiger partial charge in [-0.05, 0) is 75.3 Å². The predicted octanol–water partition coefficient (Wildman–Crippen LogP) is 7.01.